The minimum absolute atomic E-state index is 0.0393. The molecule has 0 spiro atoms. The van der Waals surface area contributed by atoms with E-state index in [1.807, 2.05) is 34.9 Å². The van der Waals surface area contributed by atoms with E-state index in [9.17, 15) is 14.9 Å². The molecule has 3 aromatic rings. The van der Waals surface area contributed by atoms with Gasteiger partial charge in [0.15, 0.2) is 0 Å². The van der Waals surface area contributed by atoms with Crippen LogP contribution in [-0.4, -0.2) is 27.6 Å². The van der Waals surface area contributed by atoms with Crippen molar-refractivity contribution in [2.45, 2.75) is 13.0 Å². The van der Waals surface area contributed by atoms with Gasteiger partial charge >= 0.3 is 5.97 Å². The van der Waals surface area contributed by atoms with Crippen molar-refractivity contribution in [2.24, 2.45) is 0 Å². The maximum Gasteiger partial charge on any atom is 0.311 e. The Kier molecular flexibility index (Phi) is 5.07. The lowest BCUT2D eigenvalue weighted by Crippen LogP contribution is -2.12. The molecule has 26 heavy (non-hydrogen) atoms. The topological polar surface area (TPSA) is 87.3 Å². The number of nitro benzene ring substituents is 1. The number of carbonyl (C=O) groups is 1. The summed E-state index contributed by atoms with van der Waals surface area (Å²) in [4.78, 5) is 26.6. The molecule has 3 rings (SSSR count). The Hall–Kier alpha value is -3.48. The van der Waals surface area contributed by atoms with Crippen molar-refractivity contribution in [1.82, 2.24) is 9.55 Å². The molecule has 7 heteroatoms. The predicted octanol–water partition coefficient (Wildman–Crippen LogP) is 3.22. The van der Waals surface area contributed by atoms with Crippen LogP contribution in [0.1, 0.15) is 11.3 Å². The molecule has 1 aromatic heterocycles. The number of imidazole rings is 1. The van der Waals surface area contributed by atoms with Crippen LogP contribution in [-0.2, 0) is 22.5 Å². The summed E-state index contributed by atoms with van der Waals surface area (Å²) in [5, 5.41) is 10.8. The van der Waals surface area contributed by atoms with Crippen molar-refractivity contribution in [1.29, 1.82) is 0 Å². The molecular weight excluding hydrogens is 334 g/mol. The highest BCUT2D eigenvalue weighted by atomic mass is 16.6. The number of rotatable bonds is 6. The van der Waals surface area contributed by atoms with Crippen molar-refractivity contribution in [3.05, 3.63) is 82.2 Å². The molecule has 7 nitrogen and oxygen atoms in total. The molecule has 0 atom stereocenters. The zero-order valence-electron chi connectivity index (χ0n) is 14.2. The number of benzene rings is 2. The van der Waals surface area contributed by atoms with E-state index in [1.54, 1.807) is 18.3 Å². The molecule has 2 aromatic carbocycles. The van der Waals surface area contributed by atoms with Gasteiger partial charge in [0.2, 0.25) is 0 Å². The standard InChI is InChI=1S/C19H17N3O4/c1-26-18(23)11-17-12-20-19(15-5-3-2-4-6-15)21(17)13-14-7-9-16(10-8-14)22(24)25/h2-10,12H,11,13H2,1H3. The van der Waals surface area contributed by atoms with Gasteiger partial charge in [-0.15, -0.1) is 0 Å². The molecule has 0 fully saturated rings. The summed E-state index contributed by atoms with van der Waals surface area (Å²) >= 11 is 0. The quantitative estimate of drug-likeness (QED) is 0.386. The number of nitro groups is 1. The monoisotopic (exact) mass is 351 g/mol. The lowest BCUT2D eigenvalue weighted by molar-refractivity contribution is -0.384. The lowest BCUT2D eigenvalue weighted by Gasteiger charge is -2.12. The molecule has 0 radical (unpaired) electrons. The Morgan fingerprint density at radius 2 is 1.85 bits per heavy atom. The van der Waals surface area contributed by atoms with Crippen LogP contribution in [0.4, 0.5) is 5.69 Å². The van der Waals surface area contributed by atoms with E-state index in [4.69, 9.17) is 4.74 Å². The van der Waals surface area contributed by atoms with Crippen LogP contribution in [0.3, 0.4) is 0 Å². The van der Waals surface area contributed by atoms with Gasteiger partial charge in [-0.25, -0.2) is 4.98 Å². The summed E-state index contributed by atoms with van der Waals surface area (Å²) in [6.45, 7) is 0.439. The van der Waals surface area contributed by atoms with Gasteiger partial charge in [-0.2, -0.15) is 0 Å². The zero-order valence-corrected chi connectivity index (χ0v) is 14.2. The highest BCUT2D eigenvalue weighted by Crippen LogP contribution is 2.22. The van der Waals surface area contributed by atoms with Gasteiger partial charge < -0.3 is 9.30 Å². The average molecular weight is 351 g/mol. The smallest absolute Gasteiger partial charge is 0.311 e. The molecule has 0 aliphatic carbocycles. The van der Waals surface area contributed by atoms with E-state index in [2.05, 4.69) is 4.98 Å². The highest BCUT2D eigenvalue weighted by molar-refractivity contribution is 5.72. The number of non-ortho nitro benzene ring substituents is 1. The first-order valence-electron chi connectivity index (χ1n) is 7.98. The fraction of sp³-hybridized carbons (Fsp3) is 0.158. The Balaban J connectivity index is 1.97. The minimum Gasteiger partial charge on any atom is -0.469 e. The van der Waals surface area contributed by atoms with Gasteiger partial charge in [-0.05, 0) is 5.56 Å². The molecule has 132 valence electrons. The summed E-state index contributed by atoms with van der Waals surface area (Å²) < 4.78 is 6.69. The number of esters is 1. The third kappa shape index (κ3) is 3.77. The fourth-order valence-corrected chi connectivity index (χ4v) is 2.67. The number of ether oxygens (including phenoxy) is 1. The maximum atomic E-state index is 11.7. The Morgan fingerprint density at radius 1 is 1.15 bits per heavy atom. The second-order valence-corrected chi connectivity index (χ2v) is 5.70. The number of nitrogens with zero attached hydrogens (tertiary/aromatic N) is 3. The van der Waals surface area contributed by atoms with E-state index in [-0.39, 0.29) is 18.1 Å². The van der Waals surface area contributed by atoms with Gasteiger partial charge in [-0.1, -0.05) is 42.5 Å². The number of hydrogen-bond donors (Lipinski definition) is 0. The highest BCUT2D eigenvalue weighted by Gasteiger charge is 2.15. The summed E-state index contributed by atoms with van der Waals surface area (Å²) in [5.74, 6) is 0.373. The first-order valence-corrected chi connectivity index (χ1v) is 7.98. The molecule has 0 unspecified atom stereocenters. The predicted molar refractivity (Wildman–Crippen MR) is 95.6 cm³/mol. The normalized spacial score (nSPS) is 10.5. The van der Waals surface area contributed by atoms with E-state index in [1.165, 1.54) is 19.2 Å². The van der Waals surface area contributed by atoms with Crippen molar-refractivity contribution < 1.29 is 14.5 Å². The molecule has 0 aliphatic rings. The van der Waals surface area contributed by atoms with Crippen LogP contribution in [0.2, 0.25) is 0 Å². The van der Waals surface area contributed by atoms with Gasteiger partial charge in [0.1, 0.15) is 5.82 Å². The van der Waals surface area contributed by atoms with Gasteiger partial charge in [-0.3, -0.25) is 14.9 Å². The van der Waals surface area contributed by atoms with Crippen molar-refractivity contribution in [3.8, 4) is 11.4 Å². The first kappa shape index (κ1) is 17.3. The molecular formula is C19H17N3O4. The van der Waals surface area contributed by atoms with E-state index >= 15 is 0 Å². The van der Waals surface area contributed by atoms with Crippen molar-refractivity contribution in [2.75, 3.05) is 7.11 Å². The first-order chi connectivity index (χ1) is 12.6. The molecule has 0 bridgehead atoms. The maximum absolute atomic E-state index is 11.7. The molecule has 0 saturated heterocycles. The summed E-state index contributed by atoms with van der Waals surface area (Å²) in [6, 6.07) is 16.0. The van der Waals surface area contributed by atoms with E-state index < -0.39 is 4.92 Å². The third-order valence-electron chi connectivity index (χ3n) is 4.01. The second kappa shape index (κ2) is 7.60. The van der Waals surface area contributed by atoms with Crippen LogP contribution in [0, 0.1) is 10.1 Å². The van der Waals surface area contributed by atoms with E-state index in [0.29, 0.717) is 12.2 Å². The number of methoxy groups -OCH3 is 1. The number of aromatic nitrogens is 2. The third-order valence-corrected chi connectivity index (χ3v) is 4.01. The van der Waals surface area contributed by atoms with Crippen LogP contribution < -0.4 is 0 Å². The number of carbonyl (C=O) groups excluding carboxylic acids is 1. The summed E-state index contributed by atoms with van der Waals surface area (Å²) in [6.07, 6.45) is 1.76. The minimum atomic E-state index is -0.431. The van der Waals surface area contributed by atoms with Crippen LogP contribution in [0.15, 0.2) is 60.8 Å². The van der Waals surface area contributed by atoms with Crippen LogP contribution >= 0.6 is 0 Å². The van der Waals surface area contributed by atoms with Crippen LogP contribution in [0.5, 0.6) is 0 Å². The van der Waals surface area contributed by atoms with Gasteiger partial charge in [0.05, 0.1) is 18.5 Å². The molecule has 0 aliphatic heterocycles. The Bertz CT molecular complexity index is 918. The summed E-state index contributed by atoms with van der Waals surface area (Å²) in [5.41, 5.74) is 2.55. The van der Waals surface area contributed by atoms with Crippen LogP contribution in [0.25, 0.3) is 11.4 Å². The Labute approximate surface area is 150 Å². The molecule has 0 saturated carbocycles. The lowest BCUT2D eigenvalue weighted by atomic mass is 10.1. The SMILES string of the molecule is COC(=O)Cc1cnc(-c2ccccc2)n1Cc1ccc([N+](=O)[O-])cc1. The largest absolute Gasteiger partial charge is 0.469 e. The zero-order chi connectivity index (χ0) is 18.5. The molecule has 1 heterocycles. The van der Waals surface area contributed by atoms with E-state index in [0.717, 1.165) is 17.0 Å². The number of hydrogen-bond acceptors (Lipinski definition) is 5. The molecule has 0 amide bonds. The fourth-order valence-electron chi connectivity index (χ4n) is 2.67. The van der Waals surface area contributed by atoms with Crippen molar-refractivity contribution >= 4 is 11.7 Å². The summed E-state index contributed by atoms with van der Waals surface area (Å²) in [7, 11) is 1.34. The molecule has 0 N–H and O–H groups in total. The van der Waals surface area contributed by atoms with Crippen molar-refractivity contribution in [3.63, 3.8) is 0 Å². The Morgan fingerprint density at radius 3 is 2.46 bits per heavy atom. The average Bonchev–Trinajstić information content (AvgIpc) is 3.05. The second-order valence-electron chi connectivity index (χ2n) is 5.70. The van der Waals surface area contributed by atoms with Gasteiger partial charge in [0.25, 0.3) is 5.69 Å². The van der Waals surface area contributed by atoms with Gasteiger partial charge in [0, 0.05) is 36.1 Å².